The van der Waals surface area contributed by atoms with Crippen molar-refractivity contribution in [3.05, 3.63) is 65.6 Å². The first kappa shape index (κ1) is 25.3. The molecule has 1 saturated heterocycles. The lowest BCUT2D eigenvalue weighted by Crippen LogP contribution is -2.38. The number of aliphatic hydroxyl groups is 1. The van der Waals surface area contributed by atoms with E-state index in [1.165, 1.54) is 25.3 Å². The van der Waals surface area contributed by atoms with Gasteiger partial charge < -0.3 is 19.9 Å². The Hall–Kier alpha value is -2.81. The van der Waals surface area contributed by atoms with Gasteiger partial charge in [0.2, 0.25) is 5.85 Å². The topological polar surface area (TPSA) is 66.9 Å². The predicted molar refractivity (Wildman–Crippen MR) is 133 cm³/mol. The van der Waals surface area contributed by atoms with Crippen molar-refractivity contribution in [3.8, 4) is 5.75 Å². The Balaban J connectivity index is 1.46. The fraction of sp³-hybridized carbons (Fsp3) is 0.444. The van der Waals surface area contributed by atoms with Gasteiger partial charge in [-0.1, -0.05) is 19.9 Å². The molecule has 1 aliphatic rings. The van der Waals surface area contributed by atoms with Gasteiger partial charge in [-0.3, -0.25) is 9.88 Å². The van der Waals surface area contributed by atoms with Crippen molar-refractivity contribution in [2.45, 2.75) is 38.1 Å². The molecule has 2 heterocycles. The summed E-state index contributed by atoms with van der Waals surface area (Å²) in [5.74, 6) is -2.54. The van der Waals surface area contributed by atoms with Gasteiger partial charge in [0.05, 0.1) is 38.1 Å². The molecule has 1 atom stereocenters. The fourth-order valence-electron chi connectivity index (χ4n) is 4.70. The summed E-state index contributed by atoms with van der Waals surface area (Å²) in [5, 5.41) is 14.5. The summed E-state index contributed by atoms with van der Waals surface area (Å²) < 4.78 is 40.0. The average molecular weight is 486 g/mol. The van der Waals surface area contributed by atoms with E-state index in [2.05, 4.69) is 10.2 Å². The minimum absolute atomic E-state index is 0.250. The number of rotatable bonds is 9. The number of methoxy groups -OCH3 is 1. The van der Waals surface area contributed by atoms with Crippen LogP contribution in [-0.2, 0) is 16.7 Å². The molecule has 6 nitrogen and oxygen atoms in total. The number of benzene rings is 2. The molecule has 8 heteroatoms. The van der Waals surface area contributed by atoms with Gasteiger partial charge in [-0.15, -0.1) is 0 Å². The SMILES string of the molecule is COc1ccc(F)cc1C(C)(C)CC(O)(F)CNc1cccc2nc(CN3CCOCC3)ccc12. The van der Waals surface area contributed by atoms with Crippen LogP contribution >= 0.6 is 0 Å². The summed E-state index contributed by atoms with van der Waals surface area (Å²) in [4.78, 5) is 7.08. The van der Waals surface area contributed by atoms with Gasteiger partial charge in [0, 0.05) is 42.7 Å². The van der Waals surface area contributed by atoms with E-state index in [1.807, 2.05) is 30.3 Å². The summed E-state index contributed by atoms with van der Waals surface area (Å²) in [7, 11) is 1.48. The highest BCUT2D eigenvalue weighted by Crippen LogP contribution is 2.39. The van der Waals surface area contributed by atoms with E-state index in [-0.39, 0.29) is 13.0 Å². The Labute approximate surface area is 204 Å². The van der Waals surface area contributed by atoms with E-state index in [9.17, 15) is 9.50 Å². The minimum atomic E-state index is -2.55. The second kappa shape index (κ2) is 10.4. The number of pyridine rings is 1. The molecule has 1 aromatic heterocycles. The van der Waals surface area contributed by atoms with Crippen molar-refractivity contribution < 1.29 is 23.4 Å². The Morgan fingerprint density at radius 3 is 2.66 bits per heavy atom. The first-order valence-corrected chi connectivity index (χ1v) is 11.8. The summed E-state index contributed by atoms with van der Waals surface area (Å²) in [6.45, 7) is 7.16. The number of ether oxygens (including phenoxy) is 2. The van der Waals surface area contributed by atoms with Crippen LogP contribution in [0.5, 0.6) is 5.75 Å². The van der Waals surface area contributed by atoms with Crippen LogP contribution in [0.4, 0.5) is 14.5 Å². The molecule has 2 aromatic carbocycles. The van der Waals surface area contributed by atoms with Crippen LogP contribution in [0.15, 0.2) is 48.5 Å². The van der Waals surface area contributed by atoms with Gasteiger partial charge in [-0.2, -0.15) is 0 Å². The van der Waals surface area contributed by atoms with Crippen LogP contribution in [0, 0.1) is 5.82 Å². The minimum Gasteiger partial charge on any atom is -0.496 e. The van der Waals surface area contributed by atoms with Gasteiger partial charge in [-0.25, -0.2) is 8.78 Å². The average Bonchev–Trinajstić information content (AvgIpc) is 2.82. The molecule has 0 radical (unpaired) electrons. The molecule has 1 unspecified atom stereocenters. The van der Waals surface area contributed by atoms with Crippen molar-refractivity contribution in [2.75, 3.05) is 45.3 Å². The standard InChI is InChI=1S/C27H33F2N3O3/c1-26(2,22-15-19(28)7-10-25(22)34-3)17-27(29,33)18-30-23-5-4-6-24-21(23)9-8-20(31-24)16-32-11-13-35-14-12-32/h4-10,15,30,33H,11-14,16-18H2,1-3H3. The molecule has 35 heavy (non-hydrogen) atoms. The van der Waals surface area contributed by atoms with Crippen molar-refractivity contribution in [1.82, 2.24) is 9.88 Å². The van der Waals surface area contributed by atoms with Crippen LogP contribution in [0.1, 0.15) is 31.5 Å². The number of aromatic nitrogens is 1. The maximum atomic E-state index is 15.3. The Kier molecular flexibility index (Phi) is 7.54. The third kappa shape index (κ3) is 6.25. The number of nitrogens with one attached hydrogen (secondary N) is 1. The van der Waals surface area contributed by atoms with Gasteiger partial charge in [0.15, 0.2) is 0 Å². The number of halogens is 2. The number of hydrogen-bond donors (Lipinski definition) is 2. The summed E-state index contributed by atoms with van der Waals surface area (Å²) in [5.41, 5.74) is 2.06. The largest absolute Gasteiger partial charge is 0.496 e. The summed E-state index contributed by atoms with van der Waals surface area (Å²) in [6.07, 6.45) is -0.250. The van der Waals surface area contributed by atoms with Gasteiger partial charge in [-0.05, 0) is 47.9 Å². The molecule has 0 amide bonds. The van der Waals surface area contributed by atoms with E-state index in [4.69, 9.17) is 14.5 Å². The lowest BCUT2D eigenvalue weighted by Gasteiger charge is -2.33. The number of morpholine rings is 1. The molecule has 2 N–H and O–H groups in total. The van der Waals surface area contributed by atoms with Gasteiger partial charge in [0.25, 0.3) is 0 Å². The summed E-state index contributed by atoms with van der Waals surface area (Å²) >= 11 is 0. The Morgan fingerprint density at radius 2 is 1.91 bits per heavy atom. The van der Waals surface area contributed by atoms with E-state index in [0.717, 1.165) is 49.4 Å². The molecular weight excluding hydrogens is 452 g/mol. The molecule has 1 aliphatic heterocycles. The second-order valence-corrected chi connectivity index (χ2v) is 9.74. The molecular formula is C27H33F2N3O3. The molecule has 3 aromatic rings. The fourth-order valence-corrected chi connectivity index (χ4v) is 4.70. The van der Waals surface area contributed by atoms with E-state index in [1.54, 1.807) is 13.8 Å². The zero-order valence-corrected chi connectivity index (χ0v) is 20.5. The number of fused-ring (bicyclic) bond motifs is 1. The van der Waals surface area contributed by atoms with Crippen LogP contribution in [0.25, 0.3) is 10.9 Å². The number of hydrogen-bond acceptors (Lipinski definition) is 6. The molecule has 188 valence electrons. The van der Waals surface area contributed by atoms with Crippen LogP contribution in [0.3, 0.4) is 0 Å². The molecule has 0 saturated carbocycles. The van der Waals surface area contributed by atoms with Gasteiger partial charge >= 0.3 is 0 Å². The second-order valence-electron chi connectivity index (χ2n) is 9.74. The molecule has 0 aliphatic carbocycles. The monoisotopic (exact) mass is 485 g/mol. The molecule has 0 bridgehead atoms. The Bertz CT molecular complexity index is 1160. The first-order valence-electron chi connectivity index (χ1n) is 11.8. The lowest BCUT2D eigenvalue weighted by atomic mass is 9.78. The zero-order chi connectivity index (χ0) is 25.1. The Morgan fingerprint density at radius 1 is 1.14 bits per heavy atom. The number of nitrogens with zero attached hydrogens (tertiary/aromatic N) is 2. The van der Waals surface area contributed by atoms with E-state index >= 15 is 4.39 Å². The predicted octanol–water partition coefficient (Wildman–Crippen LogP) is 4.65. The maximum Gasteiger partial charge on any atom is 0.225 e. The maximum absolute atomic E-state index is 15.3. The van der Waals surface area contributed by atoms with Crippen LogP contribution in [0.2, 0.25) is 0 Å². The third-order valence-electron chi connectivity index (χ3n) is 6.43. The van der Waals surface area contributed by atoms with Crippen molar-refractivity contribution in [1.29, 1.82) is 0 Å². The zero-order valence-electron chi connectivity index (χ0n) is 20.5. The normalized spacial score (nSPS) is 16.7. The number of alkyl halides is 1. The van der Waals surface area contributed by atoms with Crippen LogP contribution < -0.4 is 10.1 Å². The van der Waals surface area contributed by atoms with E-state index in [0.29, 0.717) is 17.0 Å². The van der Waals surface area contributed by atoms with Crippen molar-refractivity contribution >= 4 is 16.6 Å². The highest BCUT2D eigenvalue weighted by molar-refractivity contribution is 5.91. The highest BCUT2D eigenvalue weighted by Gasteiger charge is 2.37. The highest BCUT2D eigenvalue weighted by atomic mass is 19.2. The van der Waals surface area contributed by atoms with Crippen molar-refractivity contribution in [3.63, 3.8) is 0 Å². The smallest absolute Gasteiger partial charge is 0.225 e. The first-order chi connectivity index (χ1) is 16.7. The molecule has 0 spiro atoms. The number of anilines is 1. The van der Waals surface area contributed by atoms with Crippen molar-refractivity contribution in [2.24, 2.45) is 0 Å². The van der Waals surface area contributed by atoms with Crippen LogP contribution in [-0.4, -0.2) is 60.8 Å². The summed E-state index contributed by atoms with van der Waals surface area (Å²) in [6, 6.07) is 13.7. The van der Waals surface area contributed by atoms with Gasteiger partial charge in [0.1, 0.15) is 11.6 Å². The molecule has 1 fully saturated rings. The van der Waals surface area contributed by atoms with E-state index < -0.39 is 17.1 Å². The lowest BCUT2D eigenvalue weighted by molar-refractivity contribution is -0.0942. The molecule has 4 rings (SSSR count). The third-order valence-corrected chi connectivity index (χ3v) is 6.43. The quantitative estimate of drug-likeness (QED) is 0.460.